The third-order valence-electron chi connectivity index (χ3n) is 5.74. The quantitative estimate of drug-likeness (QED) is 0.227. The number of para-hydroxylation sites is 1. The highest BCUT2D eigenvalue weighted by atomic mass is 35.5. The van der Waals surface area contributed by atoms with E-state index in [2.05, 4.69) is 27.2 Å². The molecule has 0 unspecified atom stereocenters. The Hall–Kier alpha value is -3.55. The normalized spacial score (nSPS) is 10.5. The number of carbonyl (C=O) groups excluding carboxylic acids is 1. The second kappa shape index (κ2) is 12.2. The van der Waals surface area contributed by atoms with Gasteiger partial charge in [-0.2, -0.15) is 0 Å². The number of fused-ring (bicyclic) bond motifs is 1. The highest BCUT2D eigenvalue weighted by molar-refractivity contribution is 6.15. The molecule has 0 atom stereocenters. The van der Waals surface area contributed by atoms with Gasteiger partial charge in [0.15, 0.2) is 0 Å². The lowest BCUT2D eigenvalue weighted by molar-refractivity contribution is 0.0527. The number of hydrogen-bond acceptors (Lipinski definition) is 6. The number of aromatic nitrogens is 2. The molecule has 0 saturated heterocycles. The number of anilines is 1. The van der Waals surface area contributed by atoms with E-state index in [9.17, 15) is 9.90 Å². The van der Waals surface area contributed by atoms with Crippen LogP contribution in [-0.4, -0.2) is 40.7 Å². The zero-order chi connectivity index (χ0) is 25.4. The minimum absolute atomic E-state index is 0.141. The summed E-state index contributed by atoms with van der Waals surface area (Å²) in [6.07, 6.45) is 4.86. The molecule has 0 amide bonds. The minimum atomic E-state index is -0.402. The maximum atomic E-state index is 13.2. The van der Waals surface area contributed by atoms with Gasteiger partial charge in [0.1, 0.15) is 5.75 Å². The molecule has 8 heteroatoms. The molecule has 2 aromatic carbocycles. The molecule has 0 aliphatic heterocycles. The molecule has 0 fully saturated rings. The van der Waals surface area contributed by atoms with E-state index in [0.29, 0.717) is 35.2 Å². The van der Waals surface area contributed by atoms with E-state index in [0.717, 1.165) is 22.5 Å². The number of alkyl halides is 1. The van der Waals surface area contributed by atoms with Gasteiger partial charge in [-0.3, -0.25) is 4.98 Å². The molecular weight excluding hydrogens is 464 g/mol. The van der Waals surface area contributed by atoms with E-state index >= 15 is 0 Å². The van der Waals surface area contributed by atoms with Crippen LogP contribution in [0, 0.1) is 0 Å². The van der Waals surface area contributed by atoms with Crippen LogP contribution in [0.15, 0.2) is 60.9 Å². The van der Waals surface area contributed by atoms with Crippen LogP contribution in [0.5, 0.6) is 5.75 Å². The number of nitrogens with zero attached hydrogens (tertiary/aromatic N) is 2. The van der Waals surface area contributed by atoms with Gasteiger partial charge >= 0.3 is 5.97 Å². The minimum Gasteiger partial charge on any atom is -0.507 e. The Kier molecular flexibility index (Phi) is 9.11. The number of pyridine rings is 1. The molecule has 184 valence electrons. The first-order valence-corrected chi connectivity index (χ1v) is 12.1. The Bertz CT molecular complexity index is 1270. The molecule has 0 saturated carbocycles. The summed E-state index contributed by atoms with van der Waals surface area (Å²) < 4.78 is 7.44. The van der Waals surface area contributed by atoms with Gasteiger partial charge in [0.05, 0.1) is 29.9 Å². The molecule has 4 aromatic rings. The number of phenols is 1. The van der Waals surface area contributed by atoms with E-state index in [1.54, 1.807) is 19.3 Å². The largest absolute Gasteiger partial charge is 0.507 e. The predicted molar refractivity (Wildman–Crippen MR) is 142 cm³/mol. The first-order chi connectivity index (χ1) is 17.1. The van der Waals surface area contributed by atoms with Gasteiger partial charge in [-0.25, -0.2) is 4.79 Å². The fraction of sp³-hybridized carbons (Fsp3) is 0.259. The molecule has 2 aromatic heterocycles. The summed E-state index contributed by atoms with van der Waals surface area (Å²) in [6.45, 7) is 2.87. The number of ether oxygens (including phenoxy) is 1. The van der Waals surface area contributed by atoms with Crippen molar-refractivity contribution in [3.05, 3.63) is 77.7 Å². The van der Waals surface area contributed by atoms with Crippen molar-refractivity contribution in [2.45, 2.75) is 20.0 Å². The molecule has 0 radical (unpaired) electrons. The maximum absolute atomic E-state index is 13.2. The molecule has 35 heavy (non-hydrogen) atoms. The van der Waals surface area contributed by atoms with Gasteiger partial charge in [0.2, 0.25) is 0 Å². The summed E-state index contributed by atoms with van der Waals surface area (Å²) in [5, 5.41) is 18.5. The highest BCUT2D eigenvalue weighted by Gasteiger charge is 2.27. The van der Waals surface area contributed by atoms with Crippen LogP contribution in [0.25, 0.3) is 22.0 Å². The molecule has 2 heterocycles. The molecule has 0 spiro atoms. The van der Waals surface area contributed by atoms with Gasteiger partial charge in [-0.15, -0.1) is 11.6 Å². The first kappa shape index (κ1) is 26.1. The smallest absolute Gasteiger partial charge is 0.340 e. The molecule has 3 N–H and O–H groups in total. The number of nitrogens with one attached hydrogen (secondary N) is 2. The van der Waals surface area contributed by atoms with Crippen molar-refractivity contribution < 1.29 is 14.6 Å². The molecule has 0 aliphatic rings. The SMILES string of the molecule is CCOC(=O)c1c(CNc2ccccc2)n(C)c2cc(-c3ccncc3)c(O)c(CNC)c12.CCl. The first-order valence-electron chi connectivity index (χ1n) is 11.3. The fourth-order valence-electron chi connectivity index (χ4n) is 4.19. The standard InChI is InChI=1S/C26H28N4O3.CH3Cl/c1-4-33-26(32)24-22(16-29-18-8-6-5-7-9-18)30(3)21-14-19(17-10-12-28-13-11-17)25(31)20(15-27-2)23(21)24;1-2/h5-14,27,29,31H,4,15-16H2,1-3H3;1H3. The number of esters is 1. The third-order valence-corrected chi connectivity index (χ3v) is 5.74. The monoisotopic (exact) mass is 494 g/mol. The van der Waals surface area contributed by atoms with Crippen molar-refractivity contribution >= 4 is 34.2 Å². The van der Waals surface area contributed by atoms with Crippen LogP contribution in [0.4, 0.5) is 5.69 Å². The Balaban J connectivity index is 0.00000167. The maximum Gasteiger partial charge on any atom is 0.340 e. The van der Waals surface area contributed by atoms with Gasteiger partial charge in [-0.1, -0.05) is 18.2 Å². The second-order valence-corrected chi connectivity index (χ2v) is 7.73. The predicted octanol–water partition coefficient (Wildman–Crippen LogP) is 5.31. The van der Waals surface area contributed by atoms with E-state index in [1.165, 1.54) is 6.38 Å². The molecule has 7 nitrogen and oxygen atoms in total. The lowest BCUT2D eigenvalue weighted by Gasteiger charge is -2.13. The van der Waals surface area contributed by atoms with Crippen molar-refractivity contribution in [2.24, 2.45) is 7.05 Å². The Morgan fingerprint density at radius 3 is 2.43 bits per heavy atom. The zero-order valence-electron chi connectivity index (χ0n) is 20.4. The van der Waals surface area contributed by atoms with Crippen LogP contribution in [-0.2, 0) is 24.9 Å². The molecule has 4 rings (SSSR count). The summed E-state index contributed by atoms with van der Waals surface area (Å²) in [4.78, 5) is 17.2. The fourth-order valence-corrected chi connectivity index (χ4v) is 4.19. The Morgan fingerprint density at radius 1 is 1.11 bits per heavy atom. The number of aromatic hydroxyl groups is 1. The lowest BCUT2D eigenvalue weighted by atomic mass is 9.96. The summed E-state index contributed by atoms with van der Waals surface area (Å²) in [7, 11) is 3.75. The number of rotatable bonds is 8. The summed E-state index contributed by atoms with van der Waals surface area (Å²) >= 11 is 4.64. The summed E-state index contributed by atoms with van der Waals surface area (Å²) in [6, 6.07) is 15.5. The van der Waals surface area contributed by atoms with Crippen LogP contribution in [0.3, 0.4) is 0 Å². The van der Waals surface area contributed by atoms with Crippen molar-refractivity contribution in [1.29, 1.82) is 0 Å². The molecular formula is C27H31ClN4O3. The van der Waals surface area contributed by atoms with E-state index in [1.807, 2.05) is 67.2 Å². The van der Waals surface area contributed by atoms with Crippen molar-refractivity contribution in [2.75, 3.05) is 25.4 Å². The van der Waals surface area contributed by atoms with Crippen LogP contribution < -0.4 is 10.6 Å². The van der Waals surface area contributed by atoms with Crippen molar-refractivity contribution in [3.8, 4) is 16.9 Å². The number of phenolic OH excluding ortho intramolecular Hbond substituents is 1. The number of benzene rings is 2. The topological polar surface area (TPSA) is 88.4 Å². The van der Waals surface area contributed by atoms with Crippen LogP contribution in [0.1, 0.15) is 28.5 Å². The number of aryl methyl sites for hydroxylation is 1. The highest BCUT2D eigenvalue weighted by Crippen LogP contribution is 2.41. The average molecular weight is 495 g/mol. The second-order valence-electron chi connectivity index (χ2n) is 7.73. The number of hydrogen-bond donors (Lipinski definition) is 3. The van der Waals surface area contributed by atoms with Gasteiger partial charge < -0.3 is 25.0 Å². The zero-order valence-corrected chi connectivity index (χ0v) is 21.2. The number of carbonyl (C=O) groups is 1. The Labute approximate surface area is 210 Å². The van der Waals surface area contributed by atoms with Gasteiger partial charge in [0.25, 0.3) is 0 Å². The van der Waals surface area contributed by atoms with Gasteiger partial charge in [-0.05, 0) is 49.9 Å². The van der Waals surface area contributed by atoms with E-state index < -0.39 is 5.97 Å². The van der Waals surface area contributed by atoms with Crippen LogP contribution >= 0.6 is 11.6 Å². The van der Waals surface area contributed by atoms with Crippen molar-refractivity contribution in [3.63, 3.8) is 0 Å². The molecule has 0 aliphatic carbocycles. The number of halogens is 1. The summed E-state index contributed by atoms with van der Waals surface area (Å²) in [5.41, 5.74) is 5.26. The van der Waals surface area contributed by atoms with E-state index in [4.69, 9.17) is 4.74 Å². The Morgan fingerprint density at radius 2 is 1.80 bits per heavy atom. The average Bonchev–Trinajstić information content (AvgIpc) is 3.18. The van der Waals surface area contributed by atoms with Crippen LogP contribution in [0.2, 0.25) is 0 Å². The van der Waals surface area contributed by atoms with E-state index in [-0.39, 0.29) is 12.4 Å². The molecule has 0 bridgehead atoms. The summed E-state index contributed by atoms with van der Waals surface area (Å²) in [5.74, 6) is -0.261. The van der Waals surface area contributed by atoms with Gasteiger partial charge in [0, 0.05) is 54.6 Å². The lowest BCUT2D eigenvalue weighted by Crippen LogP contribution is -2.13. The third kappa shape index (κ3) is 5.42. The van der Waals surface area contributed by atoms with Crippen molar-refractivity contribution in [1.82, 2.24) is 14.9 Å².